The van der Waals surface area contributed by atoms with Crippen LogP contribution in [-0.2, 0) is 4.79 Å². The molecule has 0 heterocycles. The summed E-state index contributed by atoms with van der Waals surface area (Å²) in [6, 6.07) is 0.112. The summed E-state index contributed by atoms with van der Waals surface area (Å²) in [5.74, 6) is 0.190. The molecule has 1 unspecified atom stereocenters. The van der Waals surface area contributed by atoms with Gasteiger partial charge in [-0.1, -0.05) is 19.3 Å². The summed E-state index contributed by atoms with van der Waals surface area (Å²) in [5.41, 5.74) is 11.5. The van der Waals surface area contributed by atoms with E-state index in [2.05, 4.69) is 0 Å². The van der Waals surface area contributed by atoms with Crippen LogP contribution in [0.25, 0.3) is 0 Å². The molecule has 100 valence electrons. The first-order chi connectivity index (χ1) is 8.04. The van der Waals surface area contributed by atoms with Gasteiger partial charge in [0, 0.05) is 26.1 Å². The Bertz CT molecular complexity index is 249. The minimum atomic E-state index is 0.0535. The molecule has 0 aromatic carbocycles. The molecule has 0 aromatic heterocycles. The maximum absolute atomic E-state index is 12.2. The van der Waals surface area contributed by atoms with E-state index in [1.807, 2.05) is 14.0 Å². The second-order valence-corrected chi connectivity index (χ2v) is 5.53. The van der Waals surface area contributed by atoms with E-state index < -0.39 is 0 Å². The molecule has 1 saturated carbocycles. The van der Waals surface area contributed by atoms with Crippen molar-refractivity contribution in [2.45, 2.75) is 51.5 Å². The third kappa shape index (κ3) is 3.68. The fraction of sp³-hybridized carbons (Fsp3) is 0.923. The molecule has 0 bridgehead atoms. The van der Waals surface area contributed by atoms with E-state index in [9.17, 15) is 4.79 Å². The number of nitrogens with two attached hydrogens (primary N) is 2. The maximum Gasteiger partial charge on any atom is 0.223 e. The van der Waals surface area contributed by atoms with Gasteiger partial charge in [0.2, 0.25) is 5.91 Å². The van der Waals surface area contributed by atoms with Crippen molar-refractivity contribution in [3.05, 3.63) is 0 Å². The van der Waals surface area contributed by atoms with Gasteiger partial charge >= 0.3 is 0 Å². The van der Waals surface area contributed by atoms with Gasteiger partial charge in [-0.25, -0.2) is 0 Å². The number of nitrogens with zero attached hydrogens (tertiary/aromatic N) is 1. The average molecular weight is 241 g/mol. The Morgan fingerprint density at radius 2 is 1.88 bits per heavy atom. The molecule has 17 heavy (non-hydrogen) atoms. The van der Waals surface area contributed by atoms with E-state index in [-0.39, 0.29) is 17.4 Å². The molecule has 4 heteroatoms. The van der Waals surface area contributed by atoms with Crippen LogP contribution >= 0.6 is 0 Å². The van der Waals surface area contributed by atoms with E-state index in [4.69, 9.17) is 11.5 Å². The molecule has 1 atom stereocenters. The quantitative estimate of drug-likeness (QED) is 0.757. The number of amides is 1. The van der Waals surface area contributed by atoms with Gasteiger partial charge in [-0.2, -0.15) is 0 Å². The number of hydrogen-bond donors (Lipinski definition) is 2. The van der Waals surface area contributed by atoms with Crippen molar-refractivity contribution < 1.29 is 4.79 Å². The number of hydrogen-bond acceptors (Lipinski definition) is 3. The summed E-state index contributed by atoms with van der Waals surface area (Å²) in [7, 11) is 1.84. The minimum absolute atomic E-state index is 0.0535. The molecular formula is C13H27N3O. The van der Waals surface area contributed by atoms with Gasteiger partial charge in [0.1, 0.15) is 0 Å². The standard InChI is InChI=1S/C13H27N3O/c1-11(9-14)16(2)12(17)8-13(10-15)6-4-3-5-7-13/h11H,3-10,14-15H2,1-2H3. The fourth-order valence-corrected chi connectivity index (χ4v) is 2.60. The summed E-state index contributed by atoms with van der Waals surface area (Å²) in [6.45, 7) is 3.12. The van der Waals surface area contributed by atoms with E-state index >= 15 is 0 Å². The van der Waals surface area contributed by atoms with Gasteiger partial charge in [0.15, 0.2) is 0 Å². The molecule has 0 aromatic rings. The smallest absolute Gasteiger partial charge is 0.223 e. The minimum Gasteiger partial charge on any atom is -0.342 e. The van der Waals surface area contributed by atoms with Crippen LogP contribution in [0.1, 0.15) is 45.4 Å². The van der Waals surface area contributed by atoms with Gasteiger partial charge in [-0.05, 0) is 31.7 Å². The summed E-state index contributed by atoms with van der Waals surface area (Å²) in [4.78, 5) is 14.0. The van der Waals surface area contributed by atoms with Crippen molar-refractivity contribution in [3.8, 4) is 0 Å². The van der Waals surface area contributed by atoms with Crippen LogP contribution in [-0.4, -0.2) is 37.0 Å². The second-order valence-electron chi connectivity index (χ2n) is 5.53. The highest BCUT2D eigenvalue weighted by molar-refractivity contribution is 5.77. The third-order valence-corrected chi connectivity index (χ3v) is 4.27. The molecule has 1 aliphatic carbocycles. The topological polar surface area (TPSA) is 72.3 Å². The Morgan fingerprint density at radius 1 is 1.29 bits per heavy atom. The first kappa shape index (κ1) is 14.5. The van der Waals surface area contributed by atoms with Crippen LogP contribution < -0.4 is 11.5 Å². The first-order valence-electron chi connectivity index (χ1n) is 6.70. The second kappa shape index (κ2) is 6.36. The normalized spacial score (nSPS) is 20.9. The molecule has 4 N–H and O–H groups in total. The summed E-state index contributed by atoms with van der Waals surface area (Å²) in [6.07, 6.45) is 6.48. The van der Waals surface area contributed by atoms with Gasteiger partial charge < -0.3 is 16.4 Å². The Balaban J connectivity index is 2.58. The number of carbonyl (C=O) groups is 1. The molecule has 0 radical (unpaired) electrons. The molecule has 0 saturated heterocycles. The van der Waals surface area contributed by atoms with E-state index in [0.717, 1.165) is 12.8 Å². The van der Waals surface area contributed by atoms with Crippen molar-refractivity contribution in [2.24, 2.45) is 16.9 Å². The molecule has 4 nitrogen and oxygen atoms in total. The highest BCUT2D eigenvalue weighted by Gasteiger charge is 2.34. The molecular weight excluding hydrogens is 214 g/mol. The molecule has 0 aliphatic heterocycles. The third-order valence-electron chi connectivity index (χ3n) is 4.27. The monoisotopic (exact) mass is 241 g/mol. The van der Waals surface area contributed by atoms with Gasteiger partial charge in [-0.3, -0.25) is 4.79 Å². The zero-order valence-corrected chi connectivity index (χ0v) is 11.2. The Labute approximate surface area is 105 Å². The Kier molecular flexibility index (Phi) is 5.40. The highest BCUT2D eigenvalue weighted by atomic mass is 16.2. The lowest BCUT2D eigenvalue weighted by Crippen LogP contribution is -2.44. The Hall–Kier alpha value is -0.610. The zero-order valence-electron chi connectivity index (χ0n) is 11.2. The largest absolute Gasteiger partial charge is 0.342 e. The highest BCUT2D eigenvalue weighted by Crippen LogP contribution is 2.38. The fourth-order valence-electron chi connectivity index (χ4n) is 2.60. The summed E-state index contributed by atoms with van der Waals surface area (Å²) >= 11 is 0. The van der Waals surface area contributed by atoms with Crippen LogP contribution in [0.15, 0.2) is 0 Å². The lowest BCUT2D eigenvalue weighted by atomic mass is 9.71. The van der Waals surface area contributed by atoms with Crippen molar-refractivity contribution >= 4 is 5.91 Å². The molecule has 1 fully saturated rings. The average Bonchev–Trinajstić information content (AvgIpc) is 2.37. The number of likely N-dealkylation sites (N-methyl/N-ethyl adjacent to an activating group) is 1. The molecule has 0 spiro atoms. The van der Waals surface area contributed by atoms with Crippen molar-refractivity contribution in [1.82, 2.24) is 4.90 Å². The summed E-state index contributed by atoms with van der Waals surface area (Å²) < 4.78 is 0. The summed E-state index contributed by atoms with van der Waals surface area (Å²) in [5, 5.41) is 0. The SMILES string of the molecule is CC(CN)N(C)C(=O)CC1(CN)CCCCC1. The predicted molar refractivity (Wildman–Crippen MR) is 70.5 cm³/mol. The van der Waals surface area contributed by atoms with Crippen LogP contribution in [0.2, 0.25) is 0 Å². The number of carbonyl (C=O) groups excluding carboxylic acids is 1. The van der Waals surface area contributed by atoms with Crippen molar-refractivity contribution in [3.63, 3.8) is 0 Å². The van der Waals surface area contributed by atoms with Gasteiger partial charge in [0.05, 0.1) is 0 Å². The van der Waals surface area contributed by atoms with Gasteiger partial charge in [0.25, 0.3) is 0 Å². The Morgan fingerprint density at radius 3 is 2.35 bits per heavy atom. The molecule has 1 amide bonds. The van der Waals surface area contributed by atoms with E-state index in [1.165, 1.54) is 19.3 Å². The van der Waals surface area contributed by atoms with Crippen molar-refractivity contribution in [1.29, 1.82) is 0 Å². The molecule has 1 rings (SSSR count). The first-order valence-corrected chi connectivity index (χ1v) is 6.70. The van der Waals surface area contributed by atoms with E-state index in [1.54, 1.807) is 4.90 Å². The van der Waals surface area contributed by atoms with Gasteiger partial charge in [-0.15, -0.1) is 0 Å². The lowest BCUT2D eigenvalue weighted by Gasteiger charge is -2.37. The van der Waals surface area contributed by atoms with Crippen LogP contribution in [0, 0.1) is 5.41 Å². The van der Waals surface area contributed by atoms with E-state index in [0.29, 0.717) is 19.5 Å². The molecule has 1 aliphatic rings. The lowest BCUT2D eigenvalue weighted by molar-refractivity contribution is -0.134. The van der Waals surface area contributed by atoms with Crippen LogP contribution in [0.4, 0.5) is 0 Å². The number of rotatable bonds is 5. The predicted octanol–water partition coefficient (Wildman–Crippen LogP) is 1.09. The van der Waals surface area contributed by atoms with Crippen molar-refractivity contribution in [2.75, 3.05) is 20.1 Å². The zero-order chi connectivity index (χ0) is 12.9. The van der Waals surface area contributed by atoms with Crippen LogP contribution in [0.5, 0.6) is 0 Å². The maximum atomic E-state index is 12.2. The van der Waals surface area contributed by atoms with Crippen LogP contribution in [0.3, 0.4) is 0 Å².